The number of hydrogen-bond acceptors (Lipinski definition) is 2. The van der Waals surface area contributed by atoms with Gasteiger partial charge >= 0.3 is 5.97 Å². The number of hydrogen-bond donors (Lipinski definition) is 1. The molecule has 94 valence electrons. The van der Waals surface area contributed by atoms with Crippen molar-refractivity contribution in [2.75, 3.05) is 7.11 Å². The zero-order chi connectivity index (χ0) is 13.1. The van der Waals surface area contributed by atoms with Gasteiger partial charge in [-0.3, -0.25) is 4.79 Å². The lowest BCUT2D eigenvalue weighted by molar-refractivity contribution is -0.137. The second kappa shape index (κ2) is 5.41. The summed E-state index contributed by atoms with van der Waals surface area (Å²) in [5.74, 6) is -0.151. The number of carboxylic acids is 1. The Hall–Kier alpha value is -1.22. The van der Waals surface area contributed by atoms with Gasteiger partial charge in [0.05, 0.1) is 12.1 Å². The van der Waals surface area contributed by atoms with E-state index in [1.807, 2.05) is 26.0 Å². The van der Waals surface area contributed by atoms with Gasteiger partial charge < -0.3 is 9.84 Å². The highest BCUT2D eigenvalue weighted by atomic mass is 35.5. The standard InChI is InChI=1S/C13H17ClO3/c1-13(2,7-6-12(15)16)9-4-5-11(17-3)10(14)8-9/h4-5,8H,6-7H2,1-3H3,(H,15,16). The van der Waals surface area contributed by atoms with Crippen molar-refractivity contribution in [3.05, 3.63) is 28.8 Å². The Morgan fingerprint density at radius 1 is 1.47 bits per heavy atom. The van der Waals surface area contributed by atoms with Crippen LogP contribution in [0.2, 0.25) is 5.02 Å². The van der Waals surface area contributed by atoms with Crippen molar-refractivity contribution in [2.24, 2.45) is 0 Å². The van der Waals surface area contributed by atoms with Gasteiger partial charge in [-0.1, -0.05) is 31.5 Å². The molecule has 17 heavy (non-hydrogen) atoms. The maximum Gasteiger partial charge on any atom is 0.303 e. The first-order valence-corrected chi connectivity index (χ1v) is 5.80. The largest absolute Gasteiger partial charge is 0.495 e. The third kappa shape index (κ3) is 3.63. The fourth-order valence-corrected chi connectivity index (χ4v) is 1.91. The number of methoxy groups -OCH3 is 1. The van der Waals surface area contributed by atoms with Crippen molar-refractivity contribution in [2.45, 2.75) is 32.1 Å². The lowest BCUT2D eigenvalue weighted by Gasteiger charge is -2.25. The Bertz CT molecular complexity index is 413. The summed E-state index contributed by atoms with van der Waals surface area (Å²) in [6.07, 6.45) is 0.724. The summed E-state index contributed by atoms with van der Waals surface area (Å²) < 4.78 is 5.08. The molecule has 1 aromatic rings. The number of halogens is 1. The zero-order valence-corrected chi connectivity index (χ0v) is 11.0. The van der Waals surface area contributed by atoms with Crippen LogP contribution < -0.4 is 4.74 Å². The Balaban J connectivity index is 2.90. The molecule has 0 aliphatic carbocycles. The predicted molar refractivity (Wildman–Crippen MR) is 67.9 cm³/mol. The molecule has 0 heterocycles. The van der Waals surface area contributed by atoms with Crippen LogP contribution in [0.5, 0.6) is 5.75 Å². The van der Waals surface area contributed by atoms with Crippen molar-refractivity contribution >= 4 is 17.6 Å². The third-order valence-electron chi connectivity index (χ3n) is 2.90. The monoisotopic (exact) mass is 256 g/mol. The number of rotatable bonds is 5. The number of benzene rings is 1. The summed E-state index contributed by atoms with van der Waals surface area (Å²) >= 11 is 6.06. The number of carbonyl (C=O) groups is 1. The summed E-state index contributed by atoms with van der Waals surface area (Å²) in [6, 6.07) is 5.56. The molecule has 3 nitrogen and oxygen atoms in total. The fraction of sp³-hybridized carbons (Fsp3) is 0.462. The first-order valence-electron chi connectivity index (χ1n) is 5.42. The van der Waals surface area contributed by atoms with Gasteiger partial charge in [0.25, 0.3) is 0 Å². The average Bonchev–Trinajstić information content (AvgIpc) is 2.26. The van der Waals surface area contributed by atoms with Crippen LogP contribution in [0.4, 0.5) is 0 Å². The summed E-state index contributed by atoms with van der Waals surface area (Å²) in [7, 11) is 1.57. The molecule has 0 bridgehead atoms. The minimum atomic E-state index is -0.780. The van der Waals surface area contributed by atoms with Crippen LogP contribution in [0.3, 0.4) is 0 Å². The van der Waals surface area contributed by atoms with Gasteiger partial charge in [-0.15, -0.1) is 0 Å². The van der Waals surface area contributed by atoms with Crippen molar-refractivity contribution in [3.8, 4) is 5.75 Å². The lowest BCUT2D eigenvalue weighted by atomic mass is 9.80. The molecular formula is C13H17ClO3. The topological polar surface area (TPSA) is 46.5 Å². The number of ether oxygens (including phenoxy) is 1. The molecule has 0 amide bonds. The molecule has 0 saturated carbocycles. The van der Waals surface area contributed by atoms with Gasteiger partial charge in [0, 0.05) is 6.42 Å². The molecule has 4 heteroatoms. The summed E-state index contributed by atoms with van der Waals surface area (Å²) in [4.78, 5) is 10.6. The zero-order valence-electron chi connectivity index (χ0n) is 10.3. The van der Waals surface area contributed by atoms with Gasteiger partial charge in [0.2, 0.25) is 0 Å². The van der Waals surface area contributed by atoms with E-state index >= 15 is 0 Å². The molecule has 1 N–H and O–H groups in total. The average molecular weight is 257 g/mol. The minimum Gasteiger partial charge on any atom is -0.495 e. The van der Waals surface area contributed by atoms with E-state index in [0.29, 0.717) is 17.2 Å². The number of carboxylic acid groups (broad SMARTS) is 1. The summed E-state index contributed by atoms with van der Waals surface area (Å²) in [6.45, 7) is 4.02. The molecule has 0 radical (unpaired) electrons. The Labute approximate surface area is 106 Å². The Morgan fingerprint density at radius 3 is 2.59 bits per heavy atom. The van der Waals surface area contributed by atoms with Crippen LogP contribution >= 0.6 is 11.6 Å². The fourth-order valence-electron chi connectivity index (χ4n) is 1.65. The summed E-state index contributed by atoms with van der Waals surface area (Å²) in [5, 5.41) is 9.26. The van der Waals surface area contributed by atoms with Crippen LogP contribution in [0.1, 0.15) is 32.3 Å². The molecule has 0 atom stereocenters. The molecule has 1 aromatic carbocycles. The highest BCUT2D eigenvalue weighted by Gasteiger charge is 2.22. The molecule has 1 rings (SSSR count). The van der Waals surface area contributed by atoms with Gasteiger partial charge in [-0.05, 0) is 29.5 Å². The Kier molecular flexibility index (Phi) is 4.40. The SMILES string of the molecule is COc1ccc(C(C)(C)CCC(=O)O)cc1Cl. The molecule has 0 fully saturated rings. The molecule has 0 aromatic heterocycles. The highest BCUT2D eigenvalue weighted by Crippen LogP contribution is 2.33. The van der Waals surface area contributed by atoms with Gasteiger partial charge in [-0.2, -0.15) is 0 Å². The van der Waals surface area contributed by atoms with Crippen LogP contribution in [-0.2, 0) is 10.2 Å². The highest BCUT2D eigenvalue weighted by molar-refractivity contribution is 6.32. The number of aliphatic carboxylic acids is 1. The molecule has 0 saturated heterocycles. The second-order valence-electron chi connectivity index (χ2n) is 4.63. The van der Waals surface area contributed by atoms with E-state index < -0.39 is 5.97 Å². The van der Waals surface area contributed by atoms with E-state index in [-0.39, 0.29) is 11.8 Å². The molecular weight excluding hydrogens is 240 g/mol. The van der Waals surface area contributed by atoms with Gasteiger partial charge in [0.15, 0.2) is 0 Å². The van der Waals surface area contributed by atoms with Crippen molar-refractivity contribution in [3.63, 3.8) is 0 Å². The maximum absolute atomic E-state index is 10.6. The van der Waals surface area contributed by atoms with Crippen molar-refractivity contribution < 1.29 is 14.6 Å². The maximum atomic E-state index is 10.6. The van der Waals surface area contributed by atoms with Crippen LogP contribution in [0.15, 0.2) is 18.2 Å². The molecule has 0 spiro atoms. The van der Waals surface area contributed by atoms with E-state index in [0.717, 1.165) is 5.56 Å². The Morgan fingerprint density at radius 2 is 2.12 bits per heavy atom. The van der Waals surface area contributed by atoms with Crippen LogP contribution in [-0.4, -0.2) is 18.2 Å². The second-order valence-corrected chi connectivity index (χ2v) is 5.03. The molecule has 0 aliphatic rings. The third-order valence-corrected chi connectivity index (χ3v) is 3.19. The van der Waals surface area contributed by atoms with E-state index in [2.05, 4.69) is 0 Å². The smallest absolute Gasteiger partial charge is 0.303 e. The van der Waals surface area contributed by atoms with Gasteiger partial charge in [0.1, 0.15) is 5.75 Å². The van der Waals surface area contributed by atoms with E-state index in [1.165, 1.54) is 0 Å². The summed E-state index contributed by atoms with van der Waals surface area (Å²) in [5.41, 5.74) is 0.804. The van der Waals surface area contributed by atoms with Gasteiger partial charge in [-0.25, -0.2) is 0 Å². The lowest BCUT2D eigenvalue weighted by Crippen LogP contribution is -2.18. The predicted octanol–water partition coefficient (Wildman–Crippen LogP) is 3.49. The quantitative estimate of drug-likeness (QED) is 0.877. The van der Waals surface area contributed by atoms with E-state index in [1.54, 1.807) is 13.2 Å². The van der Waals surface area contributed by atoms with Crippen molar-refractivity contribution in [1.82, 2.24) is 0 Å². The minimum absolute atomic E-state index is 0.149. The van der Waals surface area contributed by atoms with Crippen LogP contribution in [0.25, 0.3) is 0 Å². The van der Waals surface area contributed by atoms with Crippen LogP contribution in [0, 0.1) is 0 Å². The molecule has 0 unspecified atom stereocenters. The van der Waals surface area contributed by atoms with E-state index in [4.69, 9.17) is 21.4 Å². The molecule has 0 aliphatic heterocycles. The first kappa shape index (κ1) is 13.8. The first-order chi connectivity index (χ1) is 7.86. The van der Waals surface area contributed by atoms with Crippen molar-refractivity contribution in [1.29, 1.82) is 0 Å². The van der Waals surface area contributed by atoms with E-state index in [9.17, 15) is 4.79 Å². The normalized spacial score (nSPS) is 11.3.